The summed E-state index contributed by atoms with van der Waals surface area (Å²) in [5, 5.41) is 4.75. The molecule has 2 rings (SSSR count). The molecule has 4 nitrogen and oxygen atoms in total. The molecule has 0 atom stereocenters. The highest BCUT2D eigenvalue weighted by Crippen LogP contribution is 2.09. The molecule has 0 aliphatic heterocycles. The number of hydrogen-bond acceptors (Lipinski definition) is 2. The zero-order chi connectivity index (χ0) is 14.4. The van der Waals surface area contributed by atoms with Gasteiger partial charge in [-0.3, -0.25) is 4.79 Å². The van der Waals surface area contributed by atoms with Crippen LogP contribution in [0.5, 0.6) is 0 Å². The number of carbonyl (C=O) groups is 1. The summed E-state index contributed by atoms with van der Waals surface area (Å²) in [7, 11) is 0. The maximum atomic E-state index is 11.7. The molecule has 0 saturated carbocycles. The maximum Gasteiger partial charge on any atom is 0.305 e. The van der Waals surface area contributed by atoms with Crippen molar-refractivity contribution in [2.45, 2.75) is 13.5 Å². The summed E-state index contributed by atoms with van der Waals surface area (Å²) < 4.78 is 1.78. The summed E-state index contributed by atoms with van der Waals surface area (Å²) in [6, 6.07) is 12.9. The summed E-state index contributed by atoms with van der Waals surface area (Å²) >= 11 is 5.82. The first-order chi connectivity index (χ1) is 9.65. The fourth-order valence-corrected chi connectivity index (χ4v) is 1.77. The highest BCUT2D eigenvalue weighted by Gasteiger charge is 2.07. The van der Waals surface area contributed by atoms with Gasteiger partial charge in [0.05, 0.1) is 5.71 Å². The number of hydrogen-bond donors (Lipinski definition) is 1. The van der Waals surface area contributed by atoms with Crippen molar-refractivity contribution in [2.75, 3.05) is 0 Å². The zero-order valence-corrected chi connectivity index (χ0v) is 13.0. The lowest BCUT2D eigenvalue weighted by Crippen LogP contribution is -3.00. The minimum atomic E-state index is -0.172. The number of halogens is 2. The second-order valence-corrected chi connectivity index (χ2v) is 4.72. The Balaban J connectivity index is 0.00000220. The third-order valence-electron chi connectivity index (χ3n) is 2.71. The van der Waals surface area contributed by atoms with Gasteiger partial charge in [-0.1, -0.05) is 29.8 Å². The molecule has 0 spiro atoms. The lowest BCUT2D eigenvalue weighted by atomic mass is 10.1. The quantitative estimate of drug-likeness (QED) is 0.446. The van der Waals surface area contributed by atoms with Crippen LogP contribution in [0.4, 0.5) is 0 Å². The number of benzene rings is 1. The van der Waals surface area contributed by atoms with E-state index in [1.807, 2.05) is 49.6 Å². The van der Waals surface area contributed by atoms with Crippen LogP contribution in [-0.4, -0.2) is 11.6 Å². The molecule has 110 valence electrons. The first-order valence-electron chi connectivity index (χ1n) is 6.18. The van der Waals surface area contributed by atoms with E-state index >= 15 is 0 Å². The molecule has 1 N–H and O–H groups in total. The van der Waals surface area contributed by atoms with Crippen molar-refractivity contribution in [2.24, 2.45) is 5.10 Å². The molecule has 0 radical (unpaired) electrons. The molecule has 0 fully saturated rings. The van der Waals surface area contributed by atoms with E-state index in [2.05, 4.69) is 10.5 Å². The Bertz CT molecular complexity index is 613. The van der Waals surface area contributed by atoms with Crippen molar-refractivity contribution in [3.05, 3.63) is 65.4 Å². The van der Waals surface area contributed by atoms with Crippen LogP contribution < -0.4 is 22.4 Å². The molecule has 1 aromatic heterocycles. The molecule has 0 saturated heterocycles. The number of rotatable bonds is 4. The second-order valence-electron chi connectivity index (χ2n) is 4.29. The number of nitrogens with one attached hydrogen (secondary N) is 1. The van der Waals surface area contributed by atoms with Gasteiger partial charge in [-0.2, -0.15) is 9.67 Å². The van der Waals surface area contributed by atoms with Gasteiger partial charge < -0.3 is 12.4 Å². The van der Waals surface area contributed by atoms with Gasteiger partial charge in [0.15, 0.2) is 12.4 Å². The van der Waals surface area contributed by atoms with E-state index in [-0.39, 0.29) is 24.9 Å². The molecule has 6 heteroatoms. The van der Waals surface area contributed by atoms with Crippen LogP contribution in [0.15, 0.2) is 60.0 Å². The van der Waals surface area contributed by atoms with E-state index in [0.717, 1.165) is 11.3 Å². The average Bonchev–Trinajstić information content (AvgIpc) is 2.46. The van der Waals surface area contributed by atoms with Crippen molar-refractivity contribution in [3.8, 4) is 0 Å². The summed E-state index contributed by atoms with van der Waals surface area (Å²) in [6.07, 6.45) is 3.66. The molecule has 1 amide bonds. The Hall–Kier alpha value is -1.91. The van der Waals surface area contributed by atoms with E-state index in [9.17, 15) is 4.79 Å². The predicted octanol–water partition coefficient (Wildman–Crippen LogP) is -0.828. The Morgan fingerprint density at radius 3 is 2.43 bits per heavy atom. The summed E-state index contributed by atoms with van der Waals surface area (Å²) in [4.78, 5) is 11.7. The number of aromatic nitrogens is 1. The van der Waals surface area contributed by atoms with E-state index in [0.29, 0.717) is 5.02 Å². The normalized spacial score (nSPS) is 10.7. The van der Waals surface area contributed by atoms with Crippen molar-refractivity contribution in [1.82, 2.24) is 5.43 Å². The summed E-state index contributed by atoms with van der Waals surface area (Å²) in [5.41, 5.74) is 4.19. The third-order valence-corrected chi connectivity index (χ3v) is 2.97. The second kappa shape index (κ2) is 8.39. The molecule has 0 bridgehead atoms. The van der Waals surface area contributed by atoms with E-state index in [1.165, 1.54) is 0 Å². The number of amides is 1. The van der Waals surface area contributed by atoms with E-state index in [1.54, 1.807) is 16.7 Å². The topological polar surface area (TPSA) is 45.3 Å². The van der Waals surface area contributed by atoms with Crippen LogP contribution >= 0.6 is 11.6 Å². The third kappa shape index (κ3) is 5.53. The van der Waals surface area contributed by atoms with Gasteiger partial charge in [-0.15, -0.1) is 0 Å². The molecule has 2 aromatic rings. The molecule has 0 aliphatic carbocycles. The molecule has 1 heterocycles. The fourth-order valence-electron chi connectivity index (χ4n) is 1.64. The Labute approximate surface area is 134 Å². The van der Waals surface area contributed by atoms with Crippen molar-refractivity contribution in [1.29, 1.82) is 0 Å². The highest BCUT2D eigenvalue weighted by atomic mass is 35.5. The smallest absolute Gasteiger partial charge is 0.305 e. The van der Waals surface area contributed by atoms with Crippen molar-refractivity contribution < 1.29 is 21.8 Å². The molecular weight excluding hydrogens is 309 g/mol. The largest absolute Gasteiger partial charge is 1.00 e. The van der Waals surface area contributed by atoms with Gasteiger partial charge in [-0.05, 0) is 24.6 Å². The van der Waals surface area contributed by atoms with Crippen LogP contribution in [-0.2, 0) is 11.3 Å². The van der Waals surface area contributed by atoms with Crippen molar-refractivity contribution in [3.63, 3.8) is 0 Å². The Kier molecular flexibility index (Phi) is 6.85. The van der Waals surface area contributed by atoms with Gasteiger partial charge in [0.2, 0.25) is 6.54 Å². The SMILES string of the molecule is C/C(=N\NC(=O)C[n+]1ccccc1)c1ccc(Cl)cc1.[Cl-]. The molecule has 21 heavy (non-hydrogen) atoms. The summed E-state index contributed by atoms with van der Waals surface area (Å²) in [5.74, 6) is -0.172. The predicted molar refractivity (Wildman–Crippen MR) is 78.4 cm³/mol. The summed E-state index contributed by atoms with van der Waals surface area (Å²) in [6.45, 7) is 2.07. The maximum absolute atomic E-state index is 11.7. The Morgan fingerprint density at radius 2 is 1.81 bits per heavy atom. The van der Waals surface area contributed by atoms with Gasteiger partial charge in [0.1, 0.15) is 0 Å². The van der Waals surface area contributed by atoms with Crippen LogP contribution in [0.3, 0.4) is 0 Å². The van der Waals surface area contributed by atoms with Gasteiger partial charge in [0, 0.05) is 17.2 Å². The number of pyridine rings is 1. The van der Waals surface area contributed by atoms with Crippen LogP contribution in [0.2, 0.25) is 5.02 Å². The minimum Gasteiger partial charge on any atom is -1.00 e. The van der Waals surface area contributed by atoms with E-state index < -0.39 is 0 Å². The number of carbonyl (C=O) groups excluding carboxylic acids is 1. The van der Waals surface area contributed by atoms with Gasteiger partial charge in [0.25, 0.3) is 0 Å². The first-order valence-corrected chi connectivity index (χ1v) is 6.56. The zero-order valence-electron chi connectivity index (χ0n) is 11.5. The lowest BCUT2D eigenvalue weighted by molar-refractivity contribution is -0.684. The lowest BCUT2D eigenvalue weighted by Gasteiger charge is -2.02. The van der Waals surface area contributed by atoms with Gasteiger partial charge >= 0.3 is 5.91 Å². The number of hydrazone groups is 1. The molecular formula is C15H15Cl2N3O. The minimum absolute atomic E-state index is 0. The highest BCUT2D eigenvalue weighted by molar-refractivity contribution is 6.30. The average molecular weight is 324 g/mol. The monoisotopic (exact) mass is 323 g/mol. The molecule has 1 aromatic carbocycles. The molecule has 0 unspecified atom stereocenters. The fraction of sp³-hybridized carbons (Fsp3) is 0.133. The molecule has 0 aliphatic rings. The van der Waals surface area contributed by atoms with Gasteiger partial charge in [-0.25, -0.2) is 5.43 Å². The Morgan fingerprint density at radius 1 is 1.19 bits per heavy atom. The first kappa shape index (κ1) is 17.1. The standard InChI is InChI=1S/C15H14ClN3O.ClH/c1-12(13-5-7-14(16)8-6-13)17-18-15(20)11-19-9-3-2-4-10-19;/h2-10H,11H2,1H3;1H/b17-12+;. The number of nitrogens with zero attached hydrogens (tertiary/aromatic N) is 2. The van der Waals surface area contributed by atoms with Crippen LogP contribution in [0.25, 0.3) is 0 Å². The van der Waals surface area contributed by atoms with Crippen molar-refractivity contribution >= 4 is 23.2 Å². The van der Waals surface area contributed by atoms with Crippen LogP contribution in [0.1, 0.15) is 12.5 Å². The van der Waals surface area contributed by atoms with E-state index in [4.69, 9.17) is 11.6 Å². The van der Waals surface area contributed by atoms with Crippen LogP contribution in [0, 0.1) is 0 Å².